The van der Waals surface area contributed by atoms with Crippen molar-refractivity contribution in [2.24, 2.45) is 0 Å². The fraction of sp³-hybridized carbons (Fsp3) is 0.368. The van der Waals surface area contributed by atoms with Crippen LogP contribution < -0.4 is 0 Å². The van der Waals surface area contributed by atoms with E-state index in [1.165, 1.54) is 5.56 Å². The number of fused-ring (bicyclic) bond motifs is 1. The minimum Gasteiger partial charge on any atom is -0.393 e. The summed E-state index contributed by atoms with van der Waals surface area (Å²) in [5, 5.41) is 23.3. The van der Waals surface area contributed by atoms with Crippen molar-refractivity contribution in [2.75, 3.05) is 13.2 Å². The van der Waals surface area contributed by atoms with Gasteiger partial charge in [0.2, 0.25) is 0 Å². The summed E-state index contributed by atoms with van der Waals surface area (Å²) in [6, 6.07) is 12.3. The highest BCUT2D eigenvalue weighted by Gasteiger charge is 2.22. The largest absolute Gasteiger partial charge is 0.393 e. The Bertz CT molecular complexity index is 858. The predicted octanol–water partition coefficient (Wildman–Crippen LogP) is 1.17. The molecule has 0 spiro atoms. The monoisotopic (exact) mass is 353 g/mol. The number of imidazole rings is 1. The van der Waals surface area contributed by atoms with E-state index in [0.29, 0.717) is 5.69 Å². The summed E-state index contributed by atoms with van der Waals surface area (Å²) in [4.78, 5) is 6.86. The summed E-state index contributed by atoms with van der Waals surface area (Å²) < 4.78 is 4.10. The Balaban J connectivity index is 1.44. The summed E-state index contributed by atoms with van der Waals surface area (Å²) in [5.41, 5.74) is 2.85. The van der Waals surface area contributed by atoms with Gasteiger partial charge in [0, 0.05) is 32.0 Å². The lowest BCUT2D eigenvalue weighted by Gasteiger charge is -2.27. The second-order valence-corrected chi connectivity index (χ2v) is 6.65. The number of hydrogen-bond donors (Lipinski definition) is 2. The van der Waals surface area contributed by atoms with Gasteiger partial charge in [-0.15, -0.1) is 0 Å². The second kappa shape index (κ2) is 7.41. The highest BCUT2D eigenvalue weighted by molar-refractivity contribution is 5.16. The number of aromatic nitrogens is 4. The first-order valence-corrected chi connectivity index (χ1v) is 8.85. The van der Waals surface area contributed by atoms with Crippen molar-refractivity contribution in [2.45, 2.75) is 32.3 Å². The number of hydrogen-bond acceptors (Lipinski definition) is 5. The quantitative estimate of drug-likeness (QED) is 0.695. The molecule has 0 aliphatic carbocycles. The van der Waals surface area contributed by atoms with Crippen molar-refractivity contribution in [3.05, 3.63) is 71.6 Å². The Hall–Kier alpha value is -2.48. The van der Waals surface area contributed by atoms with Crippen molar-refractivity contribution in [1.82, 2.24) is 24.2 Å². The van der Waals surface area contributed by atoms with Gasteiger partial charge in [0.1, 0.15) is 11.9 Å². The molecule has 0 radical (unpaired) electrons. The van der Waals surface area contributed by atoms with Gasteiger partial charge < -0.3 is 14.8 Å². The van der Waals surface area contributed by atoms with Crippen LogP contribution in [0.25, 0.3) is 0 Å². The lowest BCUT2D eigenvalue weighted by molar-refractivity contribution is 0.0915. The van der Waals surface area contributed by atoms with Gasteiger partial charge >= 0.3 is 0 Å². The SMILES string of the molecule is OC[C@H](O)c1cc2n(n1)CCN(Cc1nccn1Cc1ccccc1)C2. The third-order valence-electron chi connectivity index (χ3n) is 4.77. The van der Waals surface area contributed by atoms with Crippen molar-refractivity contribution >= 4 is 0 Å². The van der Waals surface area contributed by atoms with Crippen molar-refractivity contribution in [3.8, 4) is 0 Å². The Morgan fingerprint density at radius 2 is 1.96 bits per heavy atom. The van der Waals surface area contributed by atoms with Gasteiger partial charge in [-0.05, 0) is 11.6 Å². The third kappa shape index (κ3) is 3.55. The normalized spacial score (nSPS) is 15.8. The summed E-state index contributed by atoms with van der Waals surface area (Å²) in [5.74, 6) is 1.04. The molecule has 1 aliphatic heterocycles. The Kier molecular flexibility index (Phi) is 4.83. The number of benzene rings is 1. The van der Waals surface area contributed by atoms with Gasteiger partial charge in [0.05, 0.1) is 31.1 Å². The van der Waals surface area contributed by atoms with Crippen molar-refractivity contribution in [1.29, 1.82) is 0 Å². The van der Waals surface area contributed by atoms with E-state index < -0.39 is 6.10 Å². The molecule has 0 saturated carbocycles. The van der Waals surface area contributed by atoms with E-state index in [1.54, 1.807) is 0 Å². The highest BCUT2D eigenvalue weighted by Crippen LogP contribution is 2.19. The van der Waals surface area contributed by atoms with Gasteiger partial charge in [-0.3, -0.25) is 9.58 Å². The molecule has 0 saturated heterocycles. The Morgan fingerprint density at radius 3 is 2.77 bits per heavy atom. The van der Waals surface area contributed by atoms with E-state index in [-0.39, 0.29) is 6.61 Å². The molecule has 7 nitrogen and oxygen atoms in total. The predicted molar refractivity (Wildman–Crippen MR) is 96.2 cm³/mol. The molecule has 1 aromatic carbocycles. The minimum absolute atomic E-state index is 0.308. The topological polar surface area (TPSA) is 79.3 Å². The van der Waals surface area contributed by atoms with E-state index in [4.69, 9.17) is 5.11 Å². The van der Waals surface area contributed by atoms with Gasteiger partial charge in [0.25, 0.3) is 0 Å². The fourth-order valence-electron chi connectivity index (χ4n) is 3.35. The molecule has 2 N–H and O–H groups in total. The Morgan fingerprint density at radius 1 is 1.12 bits per heavy atom. The zero-order chi connectivity index (χ0) is 17.9. The molecule has 1 atom stereocenters. The lowest BCUT2D eigenvalue weighted by Crippen LogP contribution is -2.34. The highest BCUT2D eigenvalue weighted by atomic mass is 16.3. The first-order valence-electron chi connectivity index (χ1n) is 8.85. The molecular formula is C19H23N5O2. The molecule has 3 aromatic rings. The van der Waals surface area contributed by atoms with Crippen LogP contribution in [0.5, 0.6) is 0 Å². The summed E-state index contributed by atoms with van der Waals surface area (Å²) in [7, 11) is 0. The summed E-state index contributed by atoms with van der Waals surface area (Å²) in [6.45, 7) is 3.67. The molecule has 1 aliphatic rings. The first kappa shape index (κ1) is 17.0. The van der Waals surface area contributed by atoms with Crippen LogP contribution in [0.15, 0.2) is 48.8 Å². The van der Waals surface area contributed by atoms with Crippen LogP contribution in [-0.4, -0.2) is 47.6 Å². The maximum Gasteiger partial charge on any atom is 0.123 e. The van der Waals surface area contributed by atoms with E-state index in [1.807, 2.05) is 29.2 Å². The molecule has 0 bridgehead atoms. The molecule has 0 fully saturated rings. The molecule has 3 heterocycles. The Labute approximate surface area is 152 Å². The summed E-state index contributed by atoms with van der Waals surface area (Å²) in [6.07, 6.45) is 2.96. The van der Waals surface area contributed by atoms with Crippen molar-refractivity contribution < 1.29 is 10.2 Å². The molecule has 0 amide bonds. The molecule has 0 unspecified atom stereocenters. The molecule has 7 heteroatoms. The van der Waals surface area contributed by atoms with Crippen LogP contribution in [0, 0.1) is 0 Å². The van der Waals surface area contributed by atoms with Gasteiger partial charge in [-0.1, -0.05) is 30.3 Å². The molecule has 136 valence electrons. The zero-order valence-corrected chi connectivity index (χ0v) is 14.6. The van der Waals surface area contributed by atoms with E-state index in [0.717, 1.165) is 44.2 Å². The van der Waals surface area contributed by atoms with Crippen LogP contribution in [0.4, 0.5) is 0 Å². The standard InChI is InChI=1S/C19H23N5O2/c25-14-18(26)17-10-16-12-22(8-9-24(16)21-17)13-19-20-6-7-23(19)11-15-4-2-1-3-5-15/h1-7,10,18,25-26H,8-9,11-14H2/t18-/m0/s1. The number of rotatable bonds is 6. The van der Waals surface area contributed by atoms with Crippen LogP contribution in [0.3, 0.4) is 0 Å². The number of aliphatic hydroxyl groups is 2. The maximum absolute atomic E-state index is 9.78. The van der Waals surface area contributed by atoms with Crippen LogP contribution >= 0.6 is 0 Å². The fourth-order valence-corrected chi connectivity index (χ4v) is 3.35. The molecule has 4 rings (SSSR count). The first-order chi connectivity index (χ1) is 12.7. The summed E-state index contributed by atoms with van der Waals surface area (Å²) >= 11 is 0. The average molecular weight is 353 g/mol. The van der Waals surface area contributed by atoms with Gasteiger partial charge in [-0.25, -0.2) is 4.98 Å². The molecular weight excluding hydrogens is 330 g/mol. The average Bonchev–Trinajstić information content (AvgIpc) is 3.28. The third-order valence-corrected chi connectivity index (χ3v) is 4.77. The van der Waals surface area contributed by atoms with E-state index in [9.17, 15) is 5.11 Å². The van der Waals surface area contributed by atoms with Crippen LogP contribution in [0.2, 0.25) is 0 Å². The van der Waals surface area contributed by atoms with Gasteiger partial charge in [-0.2, -0.15) is 5.10 Å². The van der Waals surface area contributed by atoms with Gasteiger partial charge in [0.15, 0.2) is 0 Å². The molecule has 2 aromatic heterocycles. The zero-order valence-electron chi connectivity index (χ0n) is 14.6. The smallest absolute Gasteiger partial charge is 0.123 e. The minimum atomic E-state index is -0.911. The number of aliphatic hydroxyl groups excluding tert-OH is 2. The van der Waals surface area contributed by atoms with E-state index in [2.05, 4.69) is 43.8 Å². The van der Waals surface area contributed by atoms with Crippen LogP contribution in [-0.2, 0) is 26.2 Å². The maximum atomic E-state index is 9.78. The van der Waals surface area contributed by atoms with Crippen LogP contribution in [0.1, 0.15) is 28.9 Å². The van der Waals surface area contributed by atoms with Crippen molar-refractivity contribution in [3.63, 3.8) is 0 Å². The second-order valence-electron chi connectivity index (χ2n) is 6.65. The molecule has 26 heavy (non-hydrogen) atoms. The number of nitrogens with zero attached hydrogens (tertiary/aromatic N) is 5. The lowest BCUT2D eigenvalue weighted by atomic mass is 10.2. The van der Waals surface area contributed by atoms with E-state index >= 15 is 0 Å².